The highest BCUT2D eigenvalue weighted by atomic mass is 19.3. The first-order chi connectivity index (χ1) is 9.43. The lowest BCUT2D eigenvalue weighted by Crippen LogP contribution is -2.36. The molecule has 1 aromatic rings. The number of aromatic nitrogens is 1. The predicted octanol–water partition coefficient (Wildman–Crippen LogP) is 2.49. The second-order valence-electron chi connectivity index (χ2n) is 5.67. The van der Waals surface area contributed by atoms with Crippen molar-refractivity contribution in [3.8, 4) is 11.8 Å². The van der Waals surface area contributed by atoms with Crippen molar-refractivity contribution >= 4 is 5.69 Å². The van der Waals surface area contributed by atoms with Gasteiger partial charge in [-0.2, -0.15) is 0 Å². The number of alkyl halides is 2. The van der Waals surface area contributed by atoms with E-state index in [0.29, 0.717) is 18.5 Å². The molecule has 0 atom stereocenters. The van der Waals surface area contributed by atoms with E-state index in [2.05, 4.69) is 16.8 Å². The molecular formula is C15H17F2N3. The van der Waals surface area contributed by atoms with Gasteiger partial charge in [-0.1, -0.05) is 5.92 Å². The quantitative estimate of drug-likeness (QED) is 0.633. The Hall–Kier alpha value is -1.67. The van der Waals surface area contributed by atoms with Crippen molar-refractivity contribution in [3.05, 3.63) is 23.5 Å². The lowest BCUT2D eigenvalue weighted by atomic mass is 9.98. The number of pyridine rings is 1. The van der Waals surface area contributed by atoms with Crippen LogP contribution in [0.1, 0.15) is 37.4 Å². The van der Waals surface area contributed by atoms with Crippen molar-refractivity contribution in [2.24, 2.45) is 11.3 Å². The van der Waals surface area contributed by atoms with Gasteiger partial charge in [0.25, 0.3) is 5.92 Å². The number of anilines is 1. The highest BCUT2D eigenvalue weighted by molar-refractivity contribution is 5.59. The van der Waals surface area contributed by atoms with E-state index in [9.17, 15) is 8.78 Å². The van der Waals surface area contributed by atoms with Gasteiger partial charge in [0.1, 0.15) is 5.69 Å². The highest BCUT2D eigenvalue weighted by Gasteiger charge is 2.58. The van der Waals surface area contributed by atoms with E-state index in [1.807, 2.05) is 6.07 Å². The Morgan fingerprint density at radius 3 is 2.85 bits per heavy atom. The molecule has 1 saturated carbocycles. The molecule has 106 valence electrons. The maximum Gasteiger partial charge on any atom is 0.261 e. The van der Waals surface area contributed by atoms with Crippen LogP contribution in [0.15, 0.2) is 12.3 Å². The molecule has 0 bridgehead atoms. The minimum absolute atomic E-state index is 0.460. The largest absolute Gasteiger partial charge is 0.311 e. The van der Waals surface area contributed by atoms with Gasteiger partial charge in [-0.15, -0.1) is 0 Å². The van der Waals surface area contributed by atoms with Crippen LogP contribution in [0.4, 0.5) is 14.5 Å². The first-order valence-electron chi connectivity index (χ1n) is 6.84. The van der Waals surface area contributed by atoms with Crippen molar-refractivity contribution in [1.29, 1.82) is 0 Å². The highest BCUT2D eigenvalue weighted by Crippen LogP contribution is 2.56. The molecule has 0 aromatic carbocycles. The maximum absolute atomic E-state index is 13.5. The summed E-state index contributed by atoms with van der Waals surface area (Å²) in [5.74, 6) is 8.81. The molecule has 3 rings (SSSR count). The smallest absolute Gasteiger partial charge is 0.261 e. The van der Waals surface area contributed by atoms with Gasteiger partial charge < -0.3 is 5.01 Å². The Labute approximate surface area is 117 Å². The molecule has 1 fully saturated rings. The van der Waals surface area contributed by atoms with E-state index in [4.69, 9.17) is 5.84 Å². The number of fused-ring (bicyclic) bond motifs is 1. The molecule has 0 spiro atoms. The first kappa shape index (κ1) is 13.3. The van der Waals surface area contributed by atoms with Crippen molar-refractivity contribution in [2.75, 3.05) is 11.6 Å². The van der Waals surface area contributed by atoms with E-state index in [1.54, 1.807) is 11.2 Å². The van der Waals surface area contributed by atoms with Gasteiger partial charge in [0.05, 0.1) is 11.1 Å². The predicted molar refractivity (Wildman–Crippen MR) is 73.3 cm³/mol. The van der Waals surface area contributed by atoms with Gasteiger partial charge in [-0.05, 0) is 37.7 Å². The zero-order valence-electron chi connectivity index (χ0n) is 11.4. The zero-order chi connectivity index (χ0) is 14.4. The lowest BCUT2D eigenvalue weighted by Gasteiger charge is -2.27. The van der Waals surface area contributed by atoms with Crippen LogP contribution in [-0.2, 0) is 6.42 Å². The Morgan fingerprint density at radius 1 is 1.45 bits per heavy atom. The van der Waals surface area contributed by atoms with Crippen molar-refractivity contribution < 1.29 is 8.78 Å². The van der Waals surface area contributed by atoms with Crippen LogP contribution in [0, 0.1) is 17.3 Å². The third kappa shape index (κ3) is 2.14. The van der Waals surface area contributed by atoms with E-state index >= 15 is 0 Å². The van der Waals surface area contributed by atoms with E-state index < -0.39 is 11.3 Å². The van der Waals surface area contributed by atoms with Crippen LogP contribution in [0.5, 0.6) is 0 Å². The molecule has 0 amide bonds. The molecule has 1 aliphatic heterocycles. The van der Waals surface area contributed by atoms with E-state index in [0.717, 1.165) is 37.6 Å². The van der Waals surface area contributed by atoms with Gasteiger partial charge in [-0.3, -0.25) is 0 Å². The van der Waals surface area contributed by atoms with Gasteiger partial charge in [0.15, 0.2) is 0 Å². The summed E-state index contributed by atoms with van der Waals surface area (Å²) in [4.78, 5) is 4.24. The fourth-order valence-corrected chi connectivity index (χ4v) is 2.63. The zero-order valence-corrected chi connectivity index (χ0v) is 11.4. The summed E-state index contributed by atoms with van der Waals surface area (Å²) in [5.41, 5.74) is 1.33. The third-order valence-corrected chi connectivity index (χ3v) is 4.18. The van der Waals surface area contributed by atoms with Gasteiger partial charge in [0.2, 0.25) is 0 Å². The normalized spacial score (nSPS) is 19.9. The molecule has 0 saturated heterocycles. The van der Waals surface area contributed by atoms with Gasteiger partial charge in [-0.25, -0.2) is 19.6 Å². The maximum atomic E-state index is 13.5. The van der Waals surface area contributed by atoms with E-state index in [-0.39, 0.29) is 0 Å². The topological polar surface area (TPSA) is 42.2 Å². The number of nitrogens with two attached hydrogens (primary N) is 1. The molecule has 2 heterocycles. The number of hydrogen-bond acceptors (Lipinski definition) is 3. The molecule has 20 heavy (non-hydrogen) atoms. The summed E-state index contributed by atoms with van der Waals surface area (Å²) in [5, 5.41) is 1.67. The molecule has 2 aliphatic rings. The molecule has 5 heteroatoms. The number of nitrogens with zero attached hydrogens (tertiary/aromatic N) is 2. The second kappa shape index (κ2) is 4.42. The number of hydrogen-bond donors (Lipinski definition) is 1. The second-order valence-corrected chi connectivity index (χ2v) is 5.67. The minimum atomic E-state index is -2.76. The SMILES string of the molecule is CC(F)(F)C1(C#Cc2nccc3c2CCCN3N)CC1. The fraction of sp³-hybridized carbons (Fsp3) is 0.533. The summed E-state index contributed by atoms with van der Waals surface area (Å²) >= 11 is 0. The monoisotopic (exact) mass is 277 g/mol. The van der Waals surface area contributed by atoms with Crippen LogP contribution in [-0.4, -0.2) is 17.5 Å². The number of rotatable bonds is 1. The lowest BCUT2D eigenvalue weighted by molar-refractivity contribution is -0.0294. The van der Waals surface area contributed by atoms with Gasteiger partial charge >= 0.3 is 0 Å². The Kier molecular flexibility index (Phi) is 2.94. The molecule has 1 aromatic heterocycles. The van der Waals surface area contributed by atoms with Crippen molar-refractivity contribution in [2.45, 2.75) is 38.5 Å². The summed E-state index contributed by atoms with van der Waals surface area (Å²) in [7, 11) is 0. The van der Waals surface area contributed by atoms with E-state index in [1.165, 1.54) is 0 Å². The van der Waals surface area contributed by atoms with Gasteiger partial charge in [0, 0.05) is 25.2 Å². The van der Waals surface area contributed by atoms with Crippen LogP contribution in [0.25, 0.3) is 0 Å². The molecule has 0 unspecified atom stereocenters. The Balaban J connectivity index is 1.96. The average molecular weight is 277 g/mol. The standard InChI is InChI=1S/C15H17F2N3/c1-14(16,17)15(7-8-15)6-4-12-11-3-2-10-20(18)13(11)5-9-19-12/h5,9H,2-3,7-8,10,18H2,1H3. The summed E-state index contributed by atoms with van der Waals surface area (Å²) < 4.78 is 27.0. The molecule has 2 N–H and O–H groups in total. The number of halogens is 2. The average Bonchev–Trinajstić information content (AvgIpc) is 3.17. The molecule has 1 aliphatic carbocycles. The summed E-state index contributed by atoms with van der Waals surface area (Å²) in [6, 6.07) is 1.85. The van der Waals surface area contributed by atoms with Crippen molar-refractivity contribution in [1.82, 2.24) is 4.98 Å². The van der Waals surface area contributed by atoms with Crippen LogP contribution in [0.2, 0.25) is 0 Å². The fourth-order valence-electron chi connectivity index (χ4n) is 2.63. The Bertz CT molecular complexity index is 591. The minimum Gasteiger partial charge on any atom is -0.311 e. The summed E-state index contributed by atoms with van der Waals surface area (Å²) in [6.07, 6.45) is 4.33. The molecular weight excluding hydrogens is 260 g/mol. The third-order valence-electron chi connectivity index (χ3n) is 4.18. The van der Waals surface area contributed by atoms with Crippen molar-refractivity contribution in [3.63, 3.8) is 0 Å². The molecule has 3 nitrogen and oxygen atoms in total. The van der Waals surface area contributed by atoms with Crippen LogP contribution in [0.3, 0.4) is 0 Å². The molecule has 0 radical (unpaired) electrons. The first-order valence-corrected chi connectivity index (χ1v) is 6.84. The number of hydrazine groups is 1. The van der Waals surface area contributed by atoms with Crippen LogP contribution < -0.4 is 10.9 Å². The Morgan fingerprint density at radius 2 is 2.20 bits per heavy atom. The summed E-state index contributed by atoms with van der Waals surface area (Å²) in [6.45, 7) is 1.74. The van der Waals surface area contributed by atoms with Crippen LogP contribution >= 0.6 is 0 Å².